The average molecular weight is 289 g/mol. The minimum atomic E-state index is -0.537. The molecule has 0 spiro atoms. The maximum Gasteiger partial charge on any atom is 0.274 e. The molecule has 0 aromatic heterocycles. The second-order valence-electron chi connectivity index (χ2n) is 2.94. The Balaban J connectivity index is 3.28. The lowest BCUT2D eigenvalue weighted by Crippen LogP contribution is -2.08. The van der Waals surface area contributed by atoms with E-state index in [1.54, 1.807) is 0 Å². The summed E-state index contributed by atoms with van der Waals surface area (Å²) in [6.07, 6.45) is 0. The second-order valence-corrected chi connectivity index (χ2v) is 3.80. The summed E-state index contributed by atoms with van der Waals surface area (Å²) in [5.41, 5.74) is 0.262. The van der Waals surface area contributed by atoms with Crippen LogP contribution in [0.5, 0.6) is 5.75 Å². The van der Waals surface area contributed by atoms with Crippen molar-refractivity contribution in [1.29, 1.82) is 0 Å². The van der Waals surface area contributed by atoms with Crippen LogP contribution in [0.3, 0.4) is 0 Å². The molecule has 0 saturated carbocycles. The van der Waals surface area contributed by atoms with Crippen LogP contribution >= 0.6 is 15.9 Å². The van der Waals surface area contributed by atoms with Crippen LogP contribution < -0.4 is 10.1 Å². The van der Waals surface area contributed by atoms with Crippen molar-refractivity contribution in [2.75, 3.05) is 12.4 Å². The number of amides is 1. The van der Waals surface area contributed by atoms with E-state index in [0.29, 0.717) is 10.2 Å². The number of non-ortho nitro benzene ring substituents is 1. The van der Waals surface area contributed by atoms with E-state index in [4.69, 9.17) is 4.74 Å². The van der Waals surface area contributed by atoms with Gasteiger partial charge in [-0.25, -0.2) is 0 Å². The first-order valence-electron chi connectivity index (χ1n) is 4.25. The van der Waals surface area contributed by atoms with Gasteiger partial charge in [0.1, 0.15) is 5.75 Å². The molecular formula is C9H9BrN2O4. The van der Waals surface area contributed by atoms with Gasteiger partial charge in [-0.2, -0.15) is 0 Å². The highest BCUT2D eigenvalue weighted by Gasteiger charge is 2.16. The molecule has 0 unspecified atom stereocenters. The molecule has 0 aliphatic carbocycles. The molecule has 1 rings (SSSR count). The molecule has 0 aliphatic rings. The van der Waals surface area contributed by atoms with Gasteiger partial charge in [-0.3, -0.25) is 14.9 Å². The van der Waals surface area contributed by atoms with Crippen molar-refractivity contribution in [2.24, 2.45) is 0 Å². The lowest BCUT2D eigenvalue weighted by molar-refractivity contribution is -0.385. The first-order chi connectivity index (χ1) is 7.45. The Morgan fingerprint density at radius 3 is 2.62 bits per heavy atom. The Morgan fingerprint density at radius 2 is 2.19 bits per heavy atom. The molecule has 0 heterocycles. The van der Waals surface area contributed by atoms with E-state index in [9.17, 15) is 14.9 Å². The number of nitro benzene ring substituents is 1. The molecule has 0 aliphatic heterocycles. The summed E-state index contributed by atoms with van der Waals surface area (Å²) in [6, 6.07) is 2.55. The van der Waals surface area contributed by atoms with Crippen LogP contribution in [0.15, 0.2) is 16.6 Å². The largest absolute Gasteiger partial charge is 0.494 e. The number of hydrogen-bond donors (Lipinski definition) is 1. The highest BCUT2D eigenvalue weighted by molar-refractivity contribution is 9.10. The number of nitrogens with zero attached hydrogens (tertiary/aromatic N) is 1. The van der Waals surface area contributed by atoms with Gasteiger partial charge in [-0.15, -0.1) is 0 Å². The van der Waals surface area contributed by atoms with Crippen LogP contribution in [0.2, 0.25) is 0 Å². The highest BCUT2D eigenvalue weighted by Crippen LogP contribution is 2.36. The predicted octanol–water partition coefficient (Wildman–Crippen LogP) is 2.32. The number of nitrogens with one attached hydrogen (secondary N) is 1. The molecule has 0 saturated heterocycles. The van der Waals surface area contributed by atoms with Gasteiger partial charge < -0.3 is 10.1 Å². The minimum absolute atomic E-state index is 0.113. The standard InChI is InChI=1S/C9H9BrN2O4/c1-5(13)11-9-7(10)3-6(12(14)15)4-8(9)16-2/h3-4H,1-2H3,(H,11,13). The van der Waals surface area contributed by atoms with Crippen molar-refractivity contribution in [3.8, 4) is 5.75 Å². The number of benzene rings is 1. The third kappa shape index (κ3) is 2.69. The van der Waals surface area contributed by atoms with E-state index in [0.717, 1.165) is 0 Å². The summed E-state index contributed by atoms with van der Waals surface area (Å²) >= 11 is 3.14. The Bertz CT molecular complexity index is 447. The van der Waals surface area contributed by atoms with E-state index in [1.165, 1.54) is 26.2 Å². The summed E-state index contributed by atoms with van der Waals surface area (Å²) in [6.45, 7) is 1.34. The molecule has 86 valence electrons. The normalized spacial score (nSPS) is 9.69. The van der Waals surface area contributed by atoms with E-state index in [1.807, 2.05) is 0 Å². The molecule has 16 heavy (non-hydrogen) atoms. The Labute approximate surface area is 99.9 Å². The maximum atomic E-state index is 10.9. The molecule has 1 aromatic carbocycles. The molecule has 7 heteroatoms. The van der Waals surface area contributed by atoms with Crippen molar-refractivity contribution < 1.29 is 14.5 Å². The smallest absolute Gasteiger partial charge is 0.274 e. The molecule has 1 N–H and O–H groups in total. The molecule has 6 nitrogen and oxygen atoms in total. The fraction of sp³-hybridized carbons (Fsp3) is 0.222. The molecule has 0 bridgehead atoms. The van der Waals surface area contributed by atoms with Crippen LogP contribution in [0, 0.1) is 10.1 Å². The van der Waals surface area contributed by atoms with Crippen LogP contribution in [-0.2, 0) is 4.79 Å². The quantitative estimate of drug-likeness (QED) is 0.684. The molecule has 1 aromatic rings. The van der Waals surface area contributed by atoms with Crippen LogP contribution in [0.1, 0.15) is 6.92 Å². The van der Waals surface area contributed by atoms with Crippen LogP contribution in [0.25, 0.3) is 0 Å². The lowest BCUT2D eigenvalue weighted by Gasteiger charge is -2.10. The first kappa shape index (κ1) is 12.4. The topological polar surface area (TPSA) is 81.5 Å². The van der Waals surface area contributed by atoms with Gasteiger partial charge in [0.2, 0.25) is 5.91 Å². The number of methoxy groups -OCH3 is 1. The fourth-order valence-corrected chi connectivity index (χ4v) is 1.66. The molecule has 0 atom stereocenters. The van der Waals surface area contributed by atoms with Gasteiger partial charge in [0.05, 0.1) is 28.3 Å². The summed E-state index contributed by atoms with van der Waals surface area (Å²) in [4.78, 5) is 21.0. The summed E-state index contributed by atoms with van der Waals surface area (Å²) in [5.74, 6) is -0.0517. The van der Waals surface area contributed by atoms with Crippen molar-refractivity contribution in [1.82, 2.24) is 0 Å². The maximum absolute atomic E-state index is 10.9. The SMILES string of the molecule is COc1cc([N+](=O)[O-])cc(Br)c1NC(C)=O. The van der Waals surface area contributed by atoms with E-state index in [-0.39, 0.29) is 17.3 Å². The number of anilines is 1. The van der Waals surface area contributed by atoms with Gasteiger partial charge >= 0.3 is 0 Å². The molecule has 0 fully saturated rings. The second kappa shape index (κ2) is 4.93. The lowest BCUT2D eigenvalue weighted by atomic mass is 10.2. The van der Waals surface area contributed by atoms with Crippen LogP contribution in [0.4, 0.5) is 11.4 Å². The monoisotopic (exact) mass is 288 g/mol. The van der Waals surface area contributed by atoms with Gasteiger partial charge in [-0.1, -0.05) is 0 Å². The number of rotatable bonds is 3. The summed E-state index contributed by atoms with van der Waals surface area (Å²) in [5, 5.41) is 13.1. The average Bonchev–Trinajstić information content (AvgIpc) is 2.19. The highest BCUT2D eigenvalue weighted by atomic mass is 79.9. The first-order valence-corrected chi connectivity index (χ1v) is 5.04. The minimum Gasteiger partial charge on any atom is -0.494 e. The van der Waals surface area contributed by atoms with Crippen molar-refractivity contribution in [3.63, 3.8) is 0 Å². The zero-order valence-corrected chi connectivity index (χ0v) is 10.2. The molecule has 1 amide bonds. The van der Waals surface area contributed by atoms with E-state index in [2.05, 4.69) is 21.2 Å². The number of carbonyl (C=O) groups is 1. The number of nitro groups is 1. The number of carbonyl (C=O) groups excluding carboxylic acids is 1. The Hall–Kier alpha value is -1.63. The van der Waals surface area contributed by atoms with E-state index < -0.39 is 4.92 Å². The Kier molecular flexibility index (Phi) is 3.83. The van der Waals surface area contributed by atoms with Crippen molar-refractivity contribution >= 4 is 33.2 Å². The third-order valence-electron chi connectivity index (χ3n) is 1.77. The summed E-state index contributed by atoms with van der Waals surface area (Å²) in [7, 11) is 1.37. The zero-order chi connectivity index (χ0) is 12.3. The van der Waals surface area contributed by atoms with Gasteiger partial charge in [0, 0.05) is 13.0 Å². The molecular weight excluding hydrogens is 280 g/mol. The van der Waals surface area contributed by atoms with Gasteiger partial charge in [0.15, 0.2) is 0 Å². The fourth-order valence-electron chi connectivity index (χ4n) is 1.13. The van der Waals surface area contributed by atoms with Crippen molar-refractivity contribution in [3.05, 3.63) is 26.7 Å². The summed E-state index contributed by atoms with van der Waals surface area (Å²) < 4.78 is 5.37. The van der Waals surface area contributed by atoms with Gasteiger partial charge in [-0.05, 0) is 15.9 Å². The Morgan fingerprint density at radius 1 is 1.56 bits per heavy atom. The van der Waals surface area contributed by atoms with Crippen LogP contribution in [-0.4, -0.2) is 17.9 Å². The number of halogens is 1. The molecule has 0 radical (unpaired) electrons. The van der Waals surface area contributed by atoms with E-state index >= 15 is 0 Å². The third-order valence-corrected chi connectivity index (χ3v) is 2.40. The van der Waals surface area contributed by atoms with Gasteiger partial charge in [0.25, 0.3) is 5.69 Å². The van der Waals surface area contributed by atoms with Crippen molar-refractivity contribution in [2.45, 2.75) is 6.92 Å². The zero-order valence-electron chi connectivity index (χ0n) is 8.61. The number of hydrogen-bond acceptors (Lipinski definition) is 4. The predicted molar refractivity (Wildman–Crippen MR) is 61.7 cm³/mol. The number of ether oxygens (including phenoxy) is 1.